The molecule has 8 nitrogen and oxygen atoms in total. The van der Waals surface area contributed by atoms with Crippen molar-refractivity contribution in [3.8, 4) is 11.3 Å². The Morgan fingerprint density at radius 1 is 1.22 bits per heavy atom. The molecule has 0 saturated carbocycles. The highest BCUT2D eigenvalue weighted by Gasteiger charge is 2.25. The number of likely N-dealkylation sites (tertiary alicyclic amines) is 1. The van der Waals surface area contributed by atoms with Crippen LogP contribution in [0.15, 0.2) is 24.8 Å². The Morgan fingerprint density at radius 3 is 2.56 bits per heavy atom. The SMILES string of the molecule is CCCNc1cc(-c2cnc(N(C)C3CCN(C(C)=O)CC3)nc2)ncn1. The fourth-order valence-corrected chi connectivity index (χ4v) is 3.23. The van der Waals surface area contributed by atoms with Crippen molar-refractivity contribution in [1.29, 1.82) is 0 Å². The highest BCUT2D eigenvalue weighted by Crippen LogP contribution is 2.22. The molecular formula is C19H27N7O. The summed E-state index contributed by atoms with van der Waals surface area (Å²) in [5, 5.41) is 3.26. The van der Waals surface area contributed by atoms with Crippen molar-refractivity contribution in [2.24, 2.45) is 0 Å². The third-order valence-corrected chi connectivity index (χ3v) is 4.93. The molecule has 0 radical (unpaired) electrons. The van der Waals surface area contributed by atoms with Gasteiger partial charge in [0.1, 0.15) is 12.1 Å². The first-order chi connectivity index (χ1) is 13.1. The molecule has 0 aromatic carbocycles. The van der Waals surface area contributed by atoms with Crippen molar-refractivity contribution < 1.29 is 4.79 Å². The predicted octanol–water partition coefficient (Wildman–Crippen LogP) is 2.20. The molecule has 0 unspecified atom stereocenters. The van der Waals surface area contributed by atoms with Crippen LogP contribution in [0.3, 0.4) is 0 Å². The summed E-state index contributed by atoms with van der Waals surface area (Å²) >= 11 is 0. The lowest BCUT2D eigenvalue weighted by molar-refractivity contribution is -0.129. The van der Waals surface area contributed by atoms with Gasteiger partial charge in [0.15, 0.2) is 0 Å². The minimum absolute atomic E-state index is 0.148. The zero-order chi connectivity index (χ0) is 19.2. The molecule has 0 aliphatic carbocycles. The van der Waals surface area contributed by atoms with E-state index in [0.717, 1.165) is 56.0 Å². The average molecular weight is 369 g/mol. The number of carbonyl (C=O) groups excluding carboxylic acids is 1. The normalized spacial score (nSPS) is 14.9. The number of rotatable bonds is 6. The van der Waals surface area contributed by atoms with Crippen LogP contribution in [0.1, 0.15) is 33.1 Å². The minimum atomic E-state index is 0.148. The molecule has 2 aromatic rings. The lowest BCUT2D eigenvalue weighted by Crippen LogP contribution is -2.45. The van der Waals surface area contributed by atoms with E-state index in [0.29, 0.717) is 12.0 Å². The van der Waals surface area contributed by atoms with E-state index in [9.17, 15) is 4.79 Å². The summed E-state index contributed by atoms with van der Waals surface area (Å²) in [5.74, 6) is 1.65. The largest absolute Gasteiger partial charge is 0.370 e. The number of hydrogen-bond donors (Lipinski definition) is 1. The zero-order valence-corrected chi connectivity index (χ0v) is 16.2. The zero-order valence-electron chi connectivity index (χ0n) is 16.2. The maximum absolute atomic E-state index is 11.5. The van der Waals surface area contributed by atoms with Crippen molar-refractivity contribution in [3.63, 3.8) is 0 Å². The number of nitrogens with zero attached hydrogens (tertiary/aromatic N) is 6. The van der Waals surface area contributed by atoms with Gasteiger partial charge in [0.25, 0.3) is 0 Å². The molecule has 3 heterocycles. The van der Waals surface area contributed by atoms with E-state index in [-0.39, 0.29) is 5.91 Å². The summed E-state index contributed by atoms with van der Waals surface area (Å²) in [6.45, 7) is 6.19. The topological polar surface area (TPSA) is 87.1 Å². The number of amides is 1. The lowest BCUT2D eigenvalue weighted by atomic mass is 10.0. The molecule has 1 aliphatic heterocycles. The van der Waals surface area contributed by atoms with Crippen molar-refractivity contribution >= 4 is 17.7 Å². The van der Waals surface area contributed by atoms with E-state index in [1.807, 2.05) is 18.0 Å². The van der Waals surface area contributed by atoms with Crippen LogP contribution in [-0.4, -0.2) is 63.5 Å². The van der Waals surface area contributed by atoms with Gasteiger partial charge in [-0.05, 0) is 19.3 Å². The summed E-state index contributed by atoms with van der Waals surface area (Å²) in [6.07, 6.45) is 8.05. The van der Waals surface area contributed by atoms with Gasteiger partial charge < -0.3 is 15.1 Å². The van der Waals surface area contributed by atoms with Gasteiger partial charge >= 0.3 is 0 Å². The van der Waals surface area contributed by atoms with Crippen molar-refractivity contribution in [2.45, 2.75) is 39.2 Å². The first-order valence-electron chi connectivity index (χ1n) is 9.45. The molecule has 0 bridgehead atoms. The third kappa shape index (κ3) is 4.69. The second-order valence-electron chi connectivity index (χ2n) is 6.84. The smallest absolute Gasteiger partial charge is 0.225 e. The van der Waals surface area contributed by atoms with E-state index in [4.69, 9.17) is 0 Å². The van der Waals surface area contributed by atoms with E-state index in [1.54, 1.807) is 25.6 Å². The molecule has 1 aliphatic rings. The molecule has 8 heteroatoms. The molecule has 1 amide bonds. The van der Waals surface area contributed by atoms with Crippen LogP contribution in [0.25, 0.3) is 11.3 Å². The first-order valence-corrected chi connectivity index (χ1v) is 9.45. The van der Waals surface area contributed by atoms with Gasteiger partial charge in [-0.1, -0.05) is 6.92 Å². The molecule has 0 atom stereocenters. The number of aromatic nitrogens is 4. The Kier molecular flexibility index (Phi) is 6.16. The summed E-state index contributed by atoms with van der Waals surface area (Å²) in [7, 11) is 2.01. The van der Waals surface area contributed by atoms with Crippen molar-refractivity contribution in [2.75, 3.05) is 36.9 Å². The summed E-state index contributed by atoms with van der Waals surface area (Å²) < 4.78 is 0. The van der Waals surface area contributed by atoms with Crippen LogP contribution in [-0.2, 0) is 4.79 Å². The van der Waals surface area contributed by atoms with Gasteiger partial charge in [-0.15, -0.1) is 0 Å². The molecule has 144 valence electrons. The fourth-order valence-electron chi connectivity index (χ4n) is 3.23. The van der Waals surface area contributed by atoms with Gasteiger partial charge in [0, 0.05) is 63.7 Å². The van der Waals surface area contributed by atoms with Crippen LogP contribution in [0, 0.1) is 0 Å². The monoisotopic (exact) mass is 369 g/mol. The molecule has 2 aromatic heterocycles. The molecule has 3 rings (SSSR count). The summed E-state index contributed by atoms with van der Waals surface area (Å²) in [4.78, 5) is 33.1. The van der Waals surface area contributed by atoms with Gasteiger partial charge in [-0.2, -0.15) is 0 Å². The van der Waals surface area contributed by atoms with Crippen LogP contribution in [0.2, 0.25) is 0 Å². The summed E-state index contributed by atoms with van der Waals surface area (Å²) in [6, 6.07) is 2.25. The second-order valence-corrected chi connectivity index (χ2v) is 6.84. The van der Waals surface area contributed by atoms with Crippen molar-refractivity contribution in [3.05, 3.63) is 24.8 Å². The maximum Gasteiger partial charge on any atom is 0.225 e. The maximum atomic E-state index is 11.5. The standard InChI is InChI=1S/C19H27N7O/c1-4-7-20-18-10-17(23-13-24-18)15-11-21-19(22-12-15)25(3)16-5-8-26(9-6-16)14(2)27/h10-13,16H,4-9H2,1-3H3,(H,20,23,24). The van der Waals surface area contributed by atoms with E-state index in [1.165, 1.54) is 0 Å². The second kappa shape index (κ2) is 8.75. The van der Waals surface area contributed by atoms with Gasteiger partial charge in [-0.25, -0.2) is 19.9 Å². The molecule has 27 heavy (non-hydrogen) atoms. The Bertz CT molecular complexity index is 757. The van der Waals surface area contributed by atoms with Gasteiger partial charge in [0.2, 0.25) is 11.9 Å². The number of anilines is 2. The highest BCUT2D eigenvalue weighted by molar-refractivity contribution is 5.73. The van der Waals surface area contributed by atoms with E-state index in [2.05, 4.69) is 37.1 Å². The van der Waals surface area contributed by atoms with Gasteiger partial charge in [0.05, 0.1) is 5.69 Å². The molecular weight excluding hydrogens is 342 g/mol. The molecule has 1 saturated heterocycles. The number of carbonyl (C=O) groups is 1. The Morgan fingerprint density at radius 2 is 1.93 bits per heavy atom. The van der Waals surface area contributed by atoms with E-state index >= 15 is 0 Å². The average Bonchev–Trinajstić information content (AvgIpc) is 2.72. The Hall–Kier alpha value is -2.77. The fraction of sp³-hybridized carbons (Fsp3) is 0.526. The predicted molar refractivity (Wildman–Crippen MR) is 106 cm³/mol. The van der Waals surface area contributed by atoms with Gasteiger partial charge in [-0.3, -0.25) is 4.79 Å². The Labute approximate surface area is 160 Å². The van der Waals surface area contributed by atoms with Crippen molar-refractivity contribution in [1.82, 2.24) is 24.8 Å². The lowest BCUT2D eigenvalue weighted by Gasteiger charge is -2.36. The first kappa shape index (κ1) is 19.0. The highest BCUT2D eigenvalue weighted by atomic mass is 16.2. The van der Waals surface area contributed by atoms with Crippen LogP contribution in [0.5, 0.6) is 0 Å². The molecule has 1 fully saturated rings. The number of hydrogen-bond acceptors (Lipinski definition) is 7. The van der Waals surface area contributed by atoms with Crippen LogP contribution < -0.4 is 10.2 Å². The number of piperidine rings is 1. The quantitative estimate of drug-likeness (QED) is 0.835. The number of nitrogens with one attached hydrogen (secondary N) is 1. The van der Waals surface area contributed by atoms with Crippen LogP contribution >= 0.6 is 0 Å². The van der Waals surface area contributed by atoms with E-state index < -0.39 is 0 Å². The third-order valence-electron chi connectivity index (χ3n) is 4.93. The molecule has 0 spiro atoms. The Balaban J connectivity index is 1.66. The summed E-state index contributed by atoms with van der Waals surface area (Å²) in [5.41, 5.74) is 1.66. The molecule has 1 N–H and O–H groups in total. The van der Waals surface area contributed by atoms with Crippen LogP contribution in [0.4, 0.5) is 11.8 Å². The minimum Gasteiger partial charge on any atom is -0.370 e.